The standard InChI is InChI=1S/C18H20Cl2FN3O3/c1-9(2)12-8-11(4-5-13(12)26)27-16-14(19)17(21)24-18(15(16)20)23-7-6-22-10(3)25/h4-5,8-9,26H,6-7H2,1-3H3,(H,22,25)(H,23,24). The number of amides is 1. The van der Waals surface area contributed by atoms with Crippen molar-refractivity contribution in [1.29, 1.82) is 0 Å². The quantitative estimate of drug-likeness (QED) is 0.450. The summed E-state index contributed by atoms with van der Waals surface area (Å²) >= 11 is 12.2. The third kappa shape index (κ3) is 5.37. The number of carbonyl (C=O) groups is 1. The van der Waals surface area contributed by atoms with Gasteiger partial charge in [0.15, 0.2) is 11.6 Å². The van der Waals surface area contributed by atoms with Gasteiger partial charge in [-0.3, -0.25) is 4.79 Å². The molecule has 0 spiro atoms. The van der Waals surface area contributed by atoms with Crippen LogP contribution in [0.5, 0.6) is 17.2 Å². The van der Waals surface area contributed by atoms with Crippen LogP contribution in [-0.2, 0) is 4.79 Å². The summed E-state index contributed by atoms with van der Waals surface area (Å²) < 4.78 is 19.8. The monoisotopic (exact) mass is 415 g/mol. The highest BCUT2D eigenvalue weighted by Crippen LogP contribution is 2.42. The van der Waals surface area contributed by atoms with E-state index in [4.69, 9.17) is 27.9 Å². The fourth-order valence-corrected chi connectivity index (χ4v) is 2.76. The first-order valence-electron chi connectivity index (χ1n) is 8.24. The number of benzene rings is 1. The Kier molecular flexibility index (Phi) is 7.10. The lowest BCUT2D eigenvalue weighted by Gasteiger charge is -2.15. The number of pyridine rings is 1. The van der Waals surface area contributed by atoms with Gasteiger partial charge in [-0.05, 0) is 24.1 Å². The van der Waals surface area contributed by atoms with E-state index >= 15 is 0 Å². The van der Waals surface area contributed by atoms with Gasteiger partial charge >= 0.3 is 0 Å². The highest BCUT2D eigenvalue weighted by atomic mass is 35.5. The largest absolute Gasteiger partial charge is 0.508 e. The molecule has 0 unspecified atom stereocenters. The molecule has 27 heavy (non-hydrogen) atoms. The molecule has 0 fully saturated rings. The topological polar surface area (TPSA) is 83.5 Å². The summed E-state index contributed by atoms with van der Waals surface area (Å²) in [7, 11) is 0. The average Bonchev–Trinajstić information content (AvgIpc) is 2.60. The second kappa shape index (κ2) is 9.10. The zero-order valence-corrected chi connectivity index (χ0v) is 16.6. The van der Waals surface area contributed by atoms with Crippen molar-refractivity contribution in [2.45, 2.75) is 26.7 Å². The van der Waals surface area contributed by atoms with Gasteiger partial charge in [0.2, 0.25) is 11.9 Å². The maximum atomic E-state index is 14.1. The van der Waals surface area contributed by atoms with E-state index in [9.17, 15) is 14.3 Å². The molecule has 1 amide bonds. The SMILES string of the molecule is CC(=O)NCCNc1nc(F)c(Cl)c(Oc2ccc(O)c(C(C)C)c2)c1Cl. The highest BCUT2D eigenvalue weighted by molar-refractivity contribution is 6.38. The molecule has 9 heteroatoms. The lowest BCUT2D eigenvalue weighted by molar-refractivity contribution is -0.118. The van der Waals surface area contributed by atoms with Crippen molar-refractivity contribution >= 4 is 34.9 Å². The molecule has 6 nitrogen and oxygen atoms in total. The fourth-order valence-electron chi connectivity index (χ4n) is 2.30. The van der Waals surface area contributed by atoms with Crippen LogP contribution in [0, 0.1) is 5.95 Å². The molecule has 0 atom stereocenters. The first-order valence-corrected chi connectivity index (χ1v) is 8.99. The Hall–Kier alpha value is -2.25. The van der Waals surface area contributed by atoms with Gasteiger partial charge in [-0.15, -0.1) is 0 Å². The minimum Gasteiger partial charge on any atom is -0.508 e. The van der Waals surface area contributed by atoms with Crippen LogP contribution in [0.25, 0.3) is 0 Å². The predicted octanol–water partition coefficient (Wildman–Crippen LogP) is 4.70. The van der Waals surface area contributed by atoms with Gasteiger partial charge < -0.3 is 20.5 Å². The zero-order chi connectivity index (χ0) is 20.1. The van der Waals surface area contributed by atoms with Gasteiger partial charge in [0.1, 0.15) is 21.5 Å². The first kappa shape index (κ1) is 21.1. The van der Waals surface area contributed by atoms with E-state index in [2.05, 4.69) is 15.6 Å². The summed E-state index contributed by atoms with van der Waals surface area (Å²) in [6.07, 6.45) is 0. The van der Waals surface area contributed by atoms with Crippen molar-refractivity contribution in [2.75, 3.05) is 18.4 Å². The lowest BCUT2D eigenvalue weighted by Crippen LogP contribution is -2.26. The van der Waals surface area contributed by atoms with Crippen LogP contribution in [0.15, 0.2) is 18.2 Å². The number of phenolic OH excluding ortho intramolecular Hbond substituents is 1. The van der Waals surface area contributed by atoms with E-state index in [0.29, 0.717) is 17.9 Å². The molecule has 0 aliphatic rings. The third-order valence-corrected chi connectivity index (χ3v) is 4.31. The van der Waals surface area contributed by atoms with Crippen LogP contribution in [-0.4, -0.2) is 29.1 Å². The average molecular weight is 416 g/mol. The van der Waals surface area contributed by atoms with Gasteiger partial charge in [-0.2, -0.15) is 9.37 Å². The number of aromatic nitrogens is 1. The minimum absolute atomic E-state index is 0.00315. The molecule has 146 valence electrons. The molecular weight excluding hydrogens is 396 g/mol. The van der Waals surface area contributed by atoms with Crippen molar-refractivity contribution in [3.05, 3.63) is 39.8 Å². The van der Waals surface area contributed by atoms with Gasteiger partial charge in [-0.25, -0.2) is 0 Å². The minimum atomic E-state index is -0.944. The van der Waals surface area contributed by atoms with Crippen molar-refractivity contribution in [3.63, 3.8) is 0 Å². The summed E-state index contributed by atoms with van der Waals surface area (Å²) in [5.74, 6) is -0.642. The number of aromatic hydroxyl groups is 1. The van der Waals surface area contributed by atoms with Crippen molar-refractivity contribution in [3.8, 4) is 17.2 Å². The number of hydrogen-bond donors (Lipinski definition) is 3. The van der Waals surface area contributed by atoms with E-state index < -0.39 is 5.95 Å². The fraction of sp³-hybridized carbons (Fsp3) is 0.333. The summed E-state index contributed by atoms with van der Waals surface area (Å²) in [5.41, 5.74) is 0.669. The number of hydrogen-bond acceptors (Lipinski definition) is 5. The highest BCUT2D eigenvalue weighted by Gasteiger charge is 2.20. The van der Waals surface area contributed by atoms with E-state index in [1.807, 2.05) is 13.8 Å². The Morgan fingerprint density at radius 2 is 2.00 bits per heavy atom. The van der Waals surface area contributed by atoms with Crippen LogP contribution >= 0.6 is 23.2 Å². The second-order valence-electron chi connectivity index (χ2n) is 6.10. The molecule has 0 bridgehead atoms. The molecule has 0 radical (unpaired) electrons. The molecule has 0 saturated carbocycles. The van der Waals surface area contributed by atoms with Crippen LogP contribution in [0.1, 0.15) is 32.3 Å². The zero-order valence-electron chi connectivity index (χ0n) is 15.1. The normalized spacial score (nSPS) is 10.8. The number of ether oxygens (including phenoxy) is 1. The van der Waals surface area contributed by atoms with Gasteiger partial charge in [0.25, 0.3) is 0 Å². The third-order valence-electron chi connectivity index (χ3n) is 3.63. The molecule has 1 heterocycles. The Balaban J connectivity index is 2.28. The number of rotatable bonds is 7. The Morgan fingerprint density at radius 3 is 2.63 bits per heavy atom. The van der Waals surface area contributed by atoms with E-state index in [-0.39, 0.29) is 45.7 Å². The number of nitrogens with zero attached hydrogens (tertiary/aromatic N) is 1. The molecule has 2 aromatic rings. The molecule has 2 rings (SSSR count). The summed E-state index contributed by atoms with van der Waals surface area (Å²) in [6, 6.07) is 4.64. The molecule has 0 aliphatic heterocycles. The summed E-state index contributed by atoms with van der Waals surface area (Å²) in [5, 5.41) is 15.0. The second-order valence-corrected chi connectivity index (χ2v) is 6.85. The van der Waals surface area contributed by atoms with Crippen LogP contribution in [0.3, 0.4) is 0 Å². The van der Waals surface area contributed by atoms with Crippen molar-refractivity contribution in [2.24, 2.45) is 0 Å². The smallest absolute Gasteiger partial charge is 0.237 e. The number of phenols is 1. The first-order chi connectivity index (χ1) is 12.7. The lowest BCUT2D eigenvalue weighted by atomic mass is 10.0. The number of carbonyl (C=O) groups excluding carboxylic acids is 1. The maximum Gasteiger partial charge on any atom is 0.237 e. The van der Waals surface area contributed by atoms with Crippen LogP contribution < -0.4 is 15.4 Å². The number of halogens is 3. The molecule has 3 N–H and O–H groups in total. The summed E-state index contributed by atoms with van der Waals surface area (Å²) in [6.45, 7) is 5.82. The van der Waals surface area contributed by atoms with Crippen LogP contribution in [0.2, 0.25) is 10.0 Å². The Labute approximate surface area is 166 Å². The Morgan fingerprint density at radius 1 is 1.30 bits per heavy atom. The van der Waals surface area contributed by atoms with E-state index in [1.165, 1.54) is 19.1 Å². The number of anilines is 1. The summed E-state index contributed by atoms with van der Waals surface area (Å²) in [4.78, 5) is 14.6. The van der Waals surface area contributed by atoms with Crippen molar-refractivity contribution in [1.82, 2.24) is 10.3 Å². The predicted molar refractivity (Wildman–Crippen MR) is 104 cm³/mol. The van der Waals surface area contributed by atoms with E-state index in [0.717, 1.165) is 0 Å². The van der Waals surface area contributed by atoms with E-state index in [1.54, 1.807) is 6.07 Å². The van der Waals surface area contributed by atoms with Gasteiger partial charge in [0, 0.05) is 25.6 Å². The molecule has 0 saturated heterocycles. The van der Waals surface area contributed by atoms with Gasteiger partial charge in [-0.1, -0.05) is 37.0 Å². The van der Waals surface area contributed by atoms with Gasteiger partial charge in [0.05, 0.1) is 0 Å². The van der Waals surface area contributed by atoms with Crippen LogP contribution in [0.4, 0.5) is 10.2 Å². The molecular formula is C18H20Cl2FN3O3. The Bertz CT molecular complexity index is 847. The molecule has 1 aromatic carbocycles. The molecule has 0 aliphatic carbocycles. The van der Waals surface area contributed by atoms with Crippen molar-refractivity contribution < 1.29 is 19.0 Å². The maximum absolute atomic E-state index is 14.1. The molecule has 1 aromatic heterocycles. The number of nitrogens with one attached hydrogen (secondary N) is 2.